The Morgan fingerprint density at radius 2 is 1.76 bits per heavy atom. The Bertz CT molecular complexity index is 666. The first-order chi connectivity index (χ1) is 10.1. The summed E-state index contributed by atoms with van der Waals surface area (Å²) in [5.74, 6) is 0.256. The van der Waals surface area contributed by atoms with E-state index in [1.54, 1.807) is 36.5 Å². The molecule has 0 bridgehead atoms. The van der Waals surface area contributed by atoms with Crippen LogP contribution in [-0.4, -0.2) is 6.03 Å². The summed E-state index contributed by atoms with van der Waals surface area (Å²) in [5.41, 5.74) is 2.57. The zero-order chi connectivity index (χ0) is 15.2. The third-order valence-corrected chi connectivity index (χ3v) is 2.85. The van der Waals surface area contributed by atoms with Crippen molar-refractivity contribution in [2.24, 2.45) is 0 Å². The number of benzene rings is 2. The summed E-state index contributed by atoms with van der Waals surface area (Å²) in [6, 6.07) is 12.2. The average molecular weight is 322 g/mol. The molecular formula is C14H9Cl2N3O2. The number of carbonyl (C=O) groups excluding carboxylic acids is 1. The molecule has 1 N–H and O–H groups in total. The topological polar surface area (TPSA) is 65.4 Å². The fraction of sp³-hybridized carbons (Fsp3) is 0. The quantitative estimate of drug-likeness (QED) is 0.528. The second-order valence-corrected chi connectivity index (χ2v) is 4.76. The zero-order valence-electron chi connectivity index (χ0n) is 10.6. The fourth-order valence-corrected chi connectivity index (χ4v) is 2.04. The van der Waals surface area contributed by atoms with Gasteiger partial charge in [0, 0.05) is 22.2 Å². The highest BCUT2D eigenvalue weighted by molar-refractivity contribution is 6.34. The Kier molecular flexibility index (Phi) is 4.88. The Balaban J connectivity index is 2.05. The van der Waals surface area contributed by atoms with Crippen molar-refractivity contribution in [2.75, 3.05) is 4.90 Å². The number of urea groups is 1. The molecule has 21 heavy (non-hydrogen) atoms. The Morgan fingerprint density at radius 1 is 1.14 bits per heavy atom. The molecule has 2 aromatic carbocycles. The first kappa shape index (κ1) is 15.0. The van der Waals surface area contributed by atoms with Crippen molar-refractivity contribution in [3.05, 3.63) is 58.6 Å². The molecule has 0 aliphatic rings. The van der Waals surface area contributed by atoms with E-state index >= 15 is 0 Å². The molecule has 5 nitrogen and oxygen atoms in total. The van der Waals surface area contributed by atoms with E-state index in [1.807, 2.05) is 0 Å². The standard InChI is InChI=1S/C14H9Cl2N3O2/c15-10-6-11(16)8-13(7-10)21-18-14(20)19(9-17)12-4-2-1-3-5-12/h1-8H,(H,18,20). The van der Waals surface area contributed by atoms with Gasteiger partial charge in [0.05, 0.1) is 5.69 Å². The molecule has 0 radical (unpaired) electrons. The summed E-state index contributed by atoms with van der Waals surface area (Å²) in [4.78, 5) is 17.8. The van der Waals surface area contributed by atoms with Gasteiger partial charge >= 0.3 is 6.03 Å². The summed E-state index contributed by atoms with van der Waals surface area (Å²) < 4.78 is 0. The lowest BCUT2D eigenvalue weighted by molar-refractivity contribution is 0.185. The maximum absolute atomic E-state index is 11.9. The molecule has 0 atom stereocenters. The number of nitriles is 1. The van der Waals surface area contributed by atoms with Crippen molar-refractivity contribution in [3.8, 4) is 11.9 Å². The van der Waals surface area contributed by atoms with Crippen molar-refractivity contribution in [1.82, 2.24) is 5.48 Å². The number of nitrogens with zero attached hydrogens (tertiary/aromatic N) is 2. The third-order valence-electron chi connectivity index (χ3n) is 2.41. The van der Waals surface area contributed by atoms with Crippen LogP contribution in [0.2, 0.25) is 10.0 Å². The molecule has 0 saturated heterocycles. The Morgan fingerprint density at radius 3 is 2.33 bits per heavy atom. The number of hydrogen-bond acceptors (Lipinski definition) is 3. The Labute approximate surface area is 131 Å². The van der Waals surface area contributed by atoms with Crippen molar-refractivity contribution in [2.45, 2.75) is 0 Å². The predicted molar refractivity (Wildman–Crippen MR) is 80.2 cm³/mol. The van der Waals surface area contributed by atoms with Gasteiger partial charge in [-0.2, -0.15) is 15.6 Å². The number of para-hydroxylation sites is 1. The van der Waals surface area contributed by atoms with E-state index in [4.69, 9.17) is 33.3 Å². The second kappa shape index (κ2) is 6.84. The smallest absolute Gasteiger partial charge is 0.368 e. The molecule has 7 heteroatoms. The van der Waals surface area contributed by atoms with Gasteiger partial charge in [-0.25, -0.2) is 4.79 Å². The fourth-order valence-electron chi connectivity index (χ4n) is 1.53. The SMILES string of the molecule is N#CN(C(=O)NOc1cc(Cl)cc(Cl)c1)c1ccccc1. The van der Waals surface area contributed by atoms with Crippen molar-refractivity contribution >= 4 is 34.9 Å². The van der Waals surface area contributed by atoms with Crippen LogP contribution in [0.3, 0.4) is 0 Å². The number of rotatable bonds is 3. The van der Waals surface area contributed by atoms with E-state index in [-0.39, 0.29) is 5.75 Å². The van der Waals surface area contributed by atoms with Crippen LogP contribution in [0.15, 0.2) is 48.5 Å². The van der Waals surface area contributed by atoms with Crippen LogP contribution in [0.25, 0.3) is 0 Å². The van der Waals surface area contributed by atoms with E-state index in [0.717, 1.165) is 4.90 Å². The molecular weight excluding hydrogens is 313 g/mol. The minimum absolute atomic E-state index is 0.256. The molecule has 2 rings (SSSR count). The van der Waals surface area contributed by atoms with Gasteiger partial charge in [-0.15, -0.1) is 0 Å². The molecule has 106 valence electrons. The zero-order valence-corrected chi connectivity index (χ0v) is 12.1. The van der Waals surface area contributed by atoms with Gasteiger partial charge in [-0.05, 0) is 18.2 Å². The van der Waals surface area contributed by atoms with Crippen LogP contribution in [0.4, 0.5) is 10.5 Å². The van der Waals surface area contributed by atoms with Gasteiger partial charge < -0.3 is 4.84 Å². The van der Waals surface area contributed by atoms with E-state index in [1.165, 1.54) is 18.2 Å². The van der Waals surface area contributed by atoms with Crippen LogP contribution in [0.1, 0.15) is 0 Å². The molecule has 0 aliphatic heterocycles. The highest BCUT2D eigenvalue weighted by Crippen LogP contribution is 2.23. The van der Waals surface area contributed by atoms with Crippen LogP contribution in [0, 0.1) is 11.5 Å². The van der Waals surface area contributed by atoms with E-state index in [2.05, 4.69) is 5.48 Å². The number of carbonyl (C=O) groups is 1. The molecule has 2 aromatic rings. The maximum Gasteiger partial charge on any atom is 0.368 e. The minimum Gasteiger partial charge on any atom is -0.378 e. The molecule has 0 spiro atoms. The number of hydroxylamine groups is 1. The minimum atomic E-state index is -0.736. The summed E-state index contributed by atoms with van der Waals surface area (Å²) in [6.07, 6.45) is 1.77. The molecule has 0 saturated carbocycles. The van der Waals surface area contributed by atoms with Gasteiger partial charge in [0.1, 0.15) is 0 Å². The van der Waals surface area contributed by atoms with E-state index in [0.29, 0.717) is 15.7 Å². The highest BCUT2D eigenvalue weighted by Gasteiger charge is 2.15. The van der Waals surface area contributed by atoms with Crippen LogP contribution >= 0.6 is 23.2 Å². The number of halogens is 2. The Hall–Kier alpha value is -2.42. The van der Waals surface area contributed by atoms with E-state index in [9.17, 15) is 4.79 Å². The molecule has 0 aliphatic carbocycles. The van der Waals surface area contributed by atoms with Gasteiger partial charge in [0.2, 0.25) is 0 Å². The first-order valence-corrected chi connectivity index (χ1v) is 6.53. The number of hydrogen-bond donors (Lipinski definition) is 1. The van der Waals surface area contributed by atoms with Crippen molar-refractivity contribution < 1.29 is 9.63 Å². The number of anilines is 1. The second-order valence-electron chi connectivity index (χ2n) is 3.89. The lowest BCUT2D eigenvalue weighted by atomic mass is 10.3. The normalized spacial score (nSPS) is 9.57. The number of nitrogens with one attached hydrogen (secondary N) is 1. The van der Waals surface area contributed by atoms with Gasteiger partial charge in [0.15, 0.2) is 11.9 Å². The van der Waals surface area contributed by atoms with Crippen LogP contribution < -0.4 is 15.2 Å². The number of amides is 2. The maximum atomic E-state index is 11.9. The van der Waals surface area contributed by atoms with Crippen molar-refractivity contribution in [1.29, 1.82) is 5.26 Å². The molecule has 0 heterocycles. The van der Waals surface area contributed by atoms with Crippen LogP contribution in [-0.2, 0) is 0 Å². The molecule has 0 unspecified atom stereocenters. The summed E-state index contributed by atoms with van der Waals surface area (Å²) in [7, 11) is 0. The monoisotopic (exact) mass is 321 g/mol. The predicted octanol–water partition coefficient (Wildman–Crippen LogP) is 3.98. The highest BCUT2D eigenvalue weighted by atomic mass is 35.5. The largest absolute Gasteiger partial charge is 0.378 e. The lowest BCUT2D eigenvalue weighted by Crippen LogP contribution is -2.38. The van der Waals surface area contributed by atoms with E-state index < -0.39 is 6.03 Å². The molecule has 0 aromatic heterocycles. The van der Waals surface area contributed by atoms with Crippen molar-refractivity contribution in [3.63, 3.8) is 0 Å². The van der Waals surface area contributed by atoms with Crippen LogP contribution in [0.5, 0.6) is 5.75 Å². The average Bonchev–Trinajstić information content (AvgIpc) is 2.46. The third kappa shape index (κ3) is 4.02. The van der Waals surface area contributed by atoms with Gasteiger partial charge in [-0.3, -0.25) is 0 Å². The molecule has 2 amide bonds. The first-order valence-electron chi connectivity index (χ1n) is 5.78. The summed E-state index contributed by atoms with van der Waals surface area (Å²) in [6.45, 7) is 0. The summed E-state index contributed by atoms with van der Waals surface area (Å²) in [5, 5.41) is 9.79. The van der Waals surface area contributed by atoms with Gasteiger partial charge in [-0.1, -0.05) is 41.4 Å². The van der Waals surface area contributed by atoms with Gasteiger partial charge in [0.25, 0.3) is 0 Å². The summed E-state index contributed by atoms with van der Waals surface area (Å²) >= 11 is 11.6. The molecule has 0 fully saturated rings. The lowest BCUT2D eigenvalue weighted by Gasteiger charge is -2.14.